The number of aromatic nitrogens is 1. The summed E-state index contributed by atoms with van der Waals surface area (Å²) in [4.78, 5) is 18.7. The minimum absolute atomic E-state index is 0.0451. The molecular formula is C11H17N3O3S2. The smallest absolute Gasteiger partial charge is 0.265 e. The number of amides is 1. The number of sulfonamides is 1. The van der Waals surface area contributed by atoms with E-state index < -0.39 is 10.0 Å². The SMILES string of the molecule is Cc1nc(NS(C)(=O)=O)sc1C(=O)N1CCCCC1. The van der Waals surface area contributed by atoms with Gasteiger partial charge < -0.3 is 4.90 Å². The molecule has 2 heterocycles. The lowest BCUT2D eigenvalue weighted by atomic mass is 10.1. The van der Waals surface area contributed by atoms with Crippen molar-refractivity contribution in [2.75, 3.05) is 24.1 Å². The van der Waals surface area contributed by atoms with Gasteiger partial charge in [0.15, 0.2) is 5.13 Å². The van der Waals surface area contributed by atoms with E-state index in [1.807, 2.05) is 4.90 Å². The van der Waals surface area contributed by atoms with E-state index in [0.29, 0.717) is 10.6 Å². The first-order chi connectivity index (χ1) is 8.87. The van der Waals surface area contributed by atoms with Crippen molar-refractivity contribution in [2.24, 2.45) is 0 Å². The number of rotatable bonds is 3. The summed E-state index contributed by atoms with van der Waals surface area (Å²) in [5.41, 5.74) is 0.576. The number of carbonyl (C=O) groups is 1. The number of hydrogen-bond donors (Lipinski definition) is 1. The van der Waals surface area contributed by atoms with Crippen LogP contribution in [0, 0.1) is 6.92 Å². The minimum Gasteiger partial charge on any atom is -0.338 e. The van der Waals surface area contributed by atoms with E-state index in [2.05, 4.69) is 9.71 Å². The molecule has 1 aliphatic heterocycles. The molecule has 8 heteroatoms. The molecule has 0 aromatic carbocycles. The molecular weight excluding hydrogens is 286 g/mol. The second-order valence-corrected chi connectivity index (χ2v) is 7.41. The molecule has 0 saturated carbocycles. The first kappa shape index (κ1) is 14.3. The van der Waals surface area contributed by atoms with Crippen molar-refractivity contribution >= 4 is 32.4 Å². The first-order valence-corrected chi connectivity index (χ1v) is 8.82. The van der Waals surface area contributed by atoms with Gasteiger partial charge in [-0.3, -0.25) is 9.52 Å². The van der Waals surface area contributed by atoms with E-state index >= 15 is 0 Å². The minimum atomic E-state index is -3.36. The van der Waals surface area contributed by atoms with E-state index in [1.54, 1.807) is 6.92 Å². The topological polar surface area (TPSA) is 79.4 Å². The average Bonchev–Trinajstić information content (AvgIpc) is 2.68. The molecule has 106 valence electrons. The number of piperidine rings is 1. The monoisotopic (exact) mass is 303 g/mol. The summed E-state index contributed by atoms with van der Waals surface area (Å²) in [5, 5.41) is 0.250. The molecule has 6 nitrogen and oxygen atoms in total. The van der Waals surface area contributed by atoms with Crippen molar-refractivity contribution in [3.05, 3.63) is 10.6 Å². The Morgan fingerprint density at radius 1 is 1.32 bits per heavy atom. The third-order valence-corrected chi connectivity index (χ3v) is 4.66. The largest absolute Gasteiger partial charge is 0.338 e. The maximum absolute atomic E-state index is 12.3. The second kappa shape index (κ2) is 5.46. The van der Waals surface area contributed by atoms with Crippen molar-refractivity contribution in [2.45, 2.75) is 26.2 Å². The Labute approximate surface area is 116 Å². The molecule has 1 N–H and O–H groups in total. The van der Waals surface area contributed by atoms with Crippen molar-refractivity contribution in [3.63, 3.8) is 0 Å². The van der Waals surface area contributed by atoms with Crippen LogP contribution in [0.2, 0.25) is 0 Å². The van der Waals surface area contributed by atoms with Crippen LogP contribution in [-0.4, -0.2) is 43.6 Å². The Bertz CT molecular complexity index is 574. The Kier molecular flexibility index (Phi) is 4.10. The van der Waals surface area contributed by atoms with Crippen molar-refractivity contribution in [1.29, 1.82) is 0 Å². The fourth-order valence-corrected chi connectivity index (χ4v) is 3.81. The highest BCUT2D eigenvalue weighted by molar-refractivity contribution is 7.92. The van der Waals surface area contributed by atoms with Gasteiger partial charge in [0.2, 0.25) is 10.0 Å². The highest BCUT2D eigenvalue weighted by Gasteiger charge is 2.23. The molecule has 1 aliphatic rings. The van der Waals surface area contributed by atoms with Crippen LogP contribution in [0.3, 0.4) is 0 Å². The number of nitrogens with zero attached hydrogens (tertiary/aromatic N) is 2. The zero-order valence-electron chi connectivity index (χ0n) is 11.0. The summed E-state index contributed by atoms with van der Waals surface area (Å²) in [6.45, 7) is 3.26. The molecule has 1 amide bonds. The molecule has 0 radical (unpaired) electrons. The third kappa shape index (κ3) is 3.66. The van der Waals surface area contributed by atoms with Crippen LogP contribution >= 0.6 is 11.3 Å². The lowest BCUT2D eigenvalue weighted by molar-refractivity contribution is 0.0728. The van der Waals surface area contributed by atoms with E-state index in [-0.39, 0.29) is 11.0 Å². The maximum Gasteiger partial charge on any atom is 0.265 e. The number of carbonyl (C=O) groups excluding carboxylic acids is 1. The van der Waals surface area contributed by atoms with Gasteiger partial charge in [0.25, 0.3) is 5.91 Å². The molecule has 1 fully saturated rings. The van der Waals surface area contributed by atoms with Crippen LogP contribution in [-0.2, 0) is 10.0 Å². The van der Waals surface area contributed by atoms with Gasteiger partial charge in [-0.05, 0) is 26.2 Å². The van der Waals surface area contributed by atoms with E-state index in [9.17, 15) is 13.2 Å². The zero-order valence-corrected chi connectivity index (χ0v) is 12.6. The highest BCUT2D eigenvalue weighted by Crippen LogP contribution is 2.25. The standard InChI is InChI=1S/C11H17N3O3S2/c1-8-9(10(15)14-6-4-3-5-7-14)18-11(12-8)13-19(2,16)17/h3-7H2,1-2H3,(H,12,13). The molecule has 1 aromatic heterocycles. The molecule has 19 heavy (non-hydrogen) atoms. The molecule has 0 spiro atoms. The fourth-order valence-electron chi connectivity index (χ4n) is 2.04. The summed E-state index contributed by atoms with van der Waals surface area (Å²) < 4.78 is 24.6. The highest BCUT2D eigenvalue weighted by atomic mass is 32.2. The number of anilines is 1. The molecule has 1 aromatic rings. The predicted molar refractivity (Wildman–Crippen MR) is 75.1 cm³/mol. The van der Waals surface area contributed by atoms with Crippen LogP contribution in [0.5, 0.6) is 0 Å². The second-order valence-electron chi connectivity index (χ2n) is 4.66. The van der Waals surface area contributed by atoms with Gasteiger partial charge >= 0.3 is 0 Å². The molecule has 0 aliphatic carbocycles. The molecule has 0 atom stereocenters. The van der Waals surface area contributed by atoms with Crippen LogP contribution in [0.4, 0.5) is 5.13 Å². The molecule has 1 saturated heterocycles. The lowest BCUT2D eigenvalue weighted by Gasteiger charge is -2.26. The van der Waals surface area contributed by atoms with Gasteiger partial charge in [0.1, 0.15) is 4.88 Å². The van der Waals surface area contributed by atoms with Gasteiger partial charge in [0, 0.05) is 13.1 Å². The van der Waals surface area contributed by atoms with Gasteiger partial charge in [0.05, 0.1) is 11.9 Å². The normalized spacial score (nSPS) is 16.4. The number of thiazole rings is 1. The quantitative estimate of drug-likeness (QED) is 0.916. The summed E-state index contributed by atoms with van der Waals surface area (Å²) >= 11 is 1.10. The summed E-state index contributed by atoms with van der Waals surface area (Å²) in [5.74, 6) is -0.0451. The zero-order chi connectivity index (χ0) is 14.0. The Hall–Kier alpha value is -1.15. The number of nitrogens with one attached hydrogen (secondary N) is 1. The first-order valence-electron chi connectivity index (χ1n) is 6.11. The molecule has 0 bridgehead atoms. The fraction of sp³-hybridized carbons (Fsp3) is 0.636. The van der Waals surface area contributed by atoms with Crippen LogP contribution in [0.25, 0.3) is 0 Å². The van der Waals surface area contributed by atoms with Crippen LogP contribution in [0.15, 0.2) is 0 Å². The van der Waals surface area contributed by atoms with E-state index in [1.165, 1.54) is 0 Å². The van der Waals surface area contributed by atoms with Crippen molar-refractivity contribution in [3.8, 4) is 0 Å². The lowest BCUT2D eigenvalue weighted by Crippen LogP contribution is -2.35. The summed E-state index contributed by atoms with van der Waals surface area (Å²) in [6, 6.07) is 0. The summed E-state index contributed by atoms with van der Waals surface area (Å²) in [7, 11) is -3.36. The van der Waals surface area contributed by atoms with Crippen LogP contribution < -0.4 is 4.72 Å². The van der Waals surface area contributed by atoms with Crippen molar-refractivity contribution < 1.29 is 13.2 Å². The van der Waals surface area contributed by atoms with Gasteiger partial charge in [-0.2, -0.15) is 0 Å². The molecule has 0 unspecified atom stereocenters. The van der Waals surface area contributed by atoms with Gasteiger partial charge in [-0.1, -0.05) is 11.3 Å². The maximum atomic E-state index is 12.3. The van der Waals surface area contributed by atoms with Gasteiger partial charge in [-0.15, -0.1) is 0 Å². The Morgan fingerprint density at radius 3 is 2.53 bits per heavy atom. The number of hydrogen-bond acceptors (Lipinski definition) is 5. The Balaban J connectivity index is 2.18. The van der Waals surface area contributed by atoms with Crippen LogP contribution in [0.1, 0.15) is 34.6 Å². The predicted octanol–water partition coefficient (Wildman–Crippen LogP) is 1.45. The average molecular weight is 303 g/mol. The van der Waals surface area contributed by atoms with E-state index in [4.69, 9.17) is 0 Å². The summed E-state index contributed by atoms with van der Waals surface area (Å²) in [6.07, 6.45) is 4.28. The van der Waals surface area contributed by atoms with Crippen molar-refractivity contribution in [1.82, 2.24) is 9.88 Å². The molecule has 2 rings (SSSR count). The number of aryl methyl sites for hydroxylation is 1. The Morgan fingerprint density at radius 2 is 1.95 bits per heavy atom. The number of likely N-dealkylation sites (tertiary alicyclic amines) is 1. The van der Waals surface area contributed by atoms with E-state index in [0.717, 1.165) is 49.9 Å². The van der Waals surface area contributed by atoms with Gasteiger partial charge in [-0.25, -0.2) is 13.4 Å². The third-order valence-electron chi connectivity index (χ3n) is 2.91.